The molecule has 2 heterocycles. The lowest BCUT2D eigenvalue weighted by atomic mass is 9.77. The number of carbonyl (C=O) groups excluding carboxylic acids is 2. The highest BCUT2D eigenvalue weighted by molar-refractivity contribution is 5.96. The van der Waals surface area contributed by atoms with Crippen LogP contribution in [-0.2, 0) is 4.79 Å². The second kappa shape index (κ2) is 7.27. The molecular formula is C22H31N3O2. The molecule has 4 rings (SSSR count). The summed E-state index contributed by atoms with van der Waals surface area (Å²) in [5.74, 6) is 1.06. The fourth-order valence-electron chi connectivity index (χ4n) is 4.53. The summed E-state index contributed by atoms with van der Waals surface area (Å²) in [5, 5.41) is 2.93. The highest BCUT2D eigenvalue weighted by Gasteiger charge is 2.47. The summed E-state index contributed by atoms with van der Waals surface area (Å²) < 4.78 is 0. The second-order valence-corrected chi connectivity index (χ2v) is 8.99. The molecule has 1 N–H and O–H groups in total. The van der Waals surface area contributed by atoms with E-state index < -0.39 is 0 Å². The largest absolute Gasteiger partial charge is 0.337 e. The molecule has 1 aliphatic carbocycles. The molecule has 27 heavy (non-hydrogen) atoms. The number of carbonyl (C=O) groups is 2. The number of anilines is 1. The standard InChI is InChI=1S/C22H31N3O2/c1-16(2)14-25-13-11-22(25)10-3-12-24(15-22)21(27)18-6-8-19(9-7-18)23-20(26)17-4-5-17/h6-9,16-17H,3-5,10-15H2,1-2H3,(H,23,26). The smallest absolute Gasteiger partial charge is 0.253 e. The van der Waals surface area contributed by atoms with Crippen molar-refractivity contribution >= 4 is 17.5 Å². The van der Waals surface area contributed by atoms with E-state index in [2.05, 4.69) is 24.1 Å². The van der Waals surface area contributed by atoms with Crippen molar-refractivity contribution in [3.63, 3.8) is 0 Å². The van der Waals surface area contributed by atoms with Crippen LogP contribution in [0, 0.1) is 11.8 Å². The molecule has 2 saturated heterocycles. The van der Waals surface area contributed by atoms with Gasteiger partial charge in [-0.2, -0.15) is 0 Å². The zero-order valence-electron chi connectivity index (χ0n) is 16.5. The van der Waals surface area contributed by atoms with Crippen LogP contribution >= 0.6 is 0 Å². The van der Waals surface area contributed by atoms with Crippen LogP contribution < -0.4 is 5.32 Å². The predicted molar refractivity (Wildman–Crippen MR) is 107 cm³/mol. The van der Waals surface area contributed by atoms with Crippen LogP contribution in [0.3, 0.4) is 0 Å². The molecule has 3 aliphatic rings. The summed E-state index contributed by atoms with van der Waals surface area (Å²) in [7, 11) is 0. The SMILES string of the molecule is CC(C)CN1CCC12CCCN(C(=O)c1ccc(NC(=O)C3CC3)cc1)C2. The number of benzene rings is 1. The molecule has 2 amide bonds. The number of amides is 2. The first-order chi connectivity index (χ1) is 13.0. The number of nitrogens with zero attached hydrogens (tertiary/aromatic N) is 2. The van der Waals surface area contributed by atoms with Gasteiger partial charge in [0.2, 0.25) is 5.91 Å². The Bertz CT molecular complexity index is 711. The van der Waals surface area contributed by atoms with Crippen molar-refractivity contribution in [3.8, 4) is 0 Å². The number of nitrogens with one attached hydrogen (secondary N) is 1. The van der Waals surface area contributed by atoms with Crippen molar-refractivity contribution in [1.82, 2.24) is 9.80 Å². The molecule has 0 radical (unpaired) electrons. The van der Waals surface area contributed by atoms with Crippen LogP contribution in [0.1, 0.15) is 56.3 Å². The molecule has 1 saturated carbocycles. The summed E-state index contributed by atoms with van der Waals surface area (Å²) in [5.41, 5.74) is 1.70. The van der Waals surface area contributed by atoms with Crippen molar-refractivity contribution < 1.29 is 9.59 Å². The molecule has 146 valence electrons. The quantitative estimate of drug-likeness (QED) is 0.866. The summed E-state index contributed by atoms with van der Waals surface area (Å²) in [6.07, 6.45) is 5.47. The van der Waals surface area contributed by atoms with Gasteiger partial charge < -0.3 is 10.2 Å². The lowest BCUT2D eigenvalue weighted by Crippen LogP contribution is -2.67. The van der Waals surface area contributed by atoms with Gasteiger partial charge in [-0.1, -0.05) is 13.8 Å². The Morgan fingerprint density at radius 1 is 1.15 bits per heavy atom. The zero-order chi connectivity index (χ0) is 19.0. The van der Waals surface area contributed by atoms with E-state index in [1.807, 2.05) is 29.2 Å². The molecule has 0 aromatic heterocycles. The highest BCUT2D eigenvalue weighted by atomic mass is 16.2. The van der Waals surface area contributed by atoms with E-state index in [1.165, 1.54) is 12.8 Å². The molecule has 2 aliphatic heterocycles. The molecule has 1 spiro atoms. The minimum atomic E-state index is 0.0993. The Labute approximate surface area is 162 Å². The third-order valence-corrected chi connectivity index (χ3v) is 6.29. The molecular weight excluding hydrogens is 338 g/mol. The summed E-state index contributed by atoms with van der Waals surface area (Å²) in [4.78, 5) is 29.5. The second-order valence-electron chi connectivity index (χ2n) is 8.99. The Hall–Kier alpha value is -1.88. The van der Waals surface area contributed by atoms with Crippen molar-refractivity contribution in [3.05, 3.63) is 29.8 Å². The lowest BCUT2D eigenvalue weighted by molar-refractivity contribution is -0.117. The van der Waals surface area contributed by atoms with Crippen molar-refractivity contribution in [2.24, 2.45) is 11.8 Å². The maximum absolute atomic E-state index is 13.0. The van der Waals surface area contributed by atoms with Gasteiger partial charge in [0, 0.05) is 48.9 Å². The topological polar surface area (TPSA) is 52.6 Å². The van der Waals surface area contributed by atoms with Gasteiger partial charge in [0.25, 0.3) is 5.91 Å². The minimum absolute atomic E-state index is 0.0993. The normalized spacial score (nSPS) is 25.5. The van der Waals surface area contributed by atoms with Crippen LogP contribution in [0.15, 0.2) is 24.3 Å². The molecule has 1 aromatic carbocycles. The summed E-state index contributed by atoms with van der Waals surface area (Å²) in [6, 6.07) is 7.39. The van der Waals surface area contributed by atoms with Gasteiger partial charge in [-0.15, -0.1) is 0 Å². The fraction of sp³-hybridized carbons (Fsp3) is 0.636. The van der Waals surface area contributed by atoms with Gasteiger partial charge in [0.05, 0.1) is 0 Å². The number of hydrogen-bond donors (Lipinski definition) is 1. The maximum atomic E-state index is 13.0. The molecule has 1 atom stereocenters. The zero-order valence-corrected chi connectivity index (χ0v) is 16.5. The van der Waals surface area contributed by atoms with E-state index >= 15 is 0 Å². The Kier molecular flexibility index (Phi) is 4.97. The third kappa shape index (κ3) is 3.88. The van der Waals surface area contributed by atoms with Gasteiger partial charge >= 0.3 is 0 Å². The first-order valence-electron chi connectivity index (χ1n) is 10.4. The van der Waals surface area contributed by atoms with E-state index in [1.54, 1.807) is 0 Å². The van der Waals surface area contributed by atoms with Crippen LogP contribution in [-0.4, -0.2) is 53.3 Å². The fourth-order valence-corrected chi connectivity index (χ4v) is 4.53. The van der Waals surface area contributed by atoms with E-state index in [0.717, 1.165) is 51.1 Å². The van der Waals surface area contributed by atoms with E-state index in [-0.39, 0.29) is 23.3 Å². The van der Waals surface area contributed by atoms with Gasteiger partial charge in [-0.05, 0) is 62.3 Å². The van der Waals surface area contributed by atoms with Gasteiger partial charge in [0.15, 0.2) is 0 Å². The number of rotatable bonds is 5. The monoisotopic (exact) mass is 369 g/mol. The van der Waals surface area contributed by atoms with Crippen LogP contribution in [0.4, 0.5) is 5.69 Å². The Morgan fingerprint density at radius 3 is 2.48 bits per heavy atom. The molecule has 5 nitrogen and oxygen atoms in total. The molecule has 0 bridgehead atoms. The average Bonchev–Trinajstić information content (AvgIpc) is 3.51. The van der Waals surface area contributed by atoms with Gasteiger partial charge in [-0.3, -0.25) is 14.5 Å². The molecule has 5 heteroatoms. The number of piperidine rings is 1. The maximum Gasteiger partial charge on any atom is 0.253 e. The first-order valence-corrected chi connectivity index (χ1v) is 10.4. The Morgan fingerprint density at radius 2 is 1.89 bits per heavy atom. The van der Waals surface area contributed by atoms with E-state index in [9.17, 15) is 9.59 Å². The van der Waals surface area contributed by atoms with Gasteiger partial charge in [-0.25, -0.2) is 0 Å². The molecule has 3 fully saturated rings. The van der Waals surface area contributed by atoms with Crippen LogP contribution in [0.25, 0.3) is 0 Å². The minimum Gasteiger partial charge on any atom is -0.337 e. The summed E-state index contributed by atoms with van der Waals surface area (Å²) in [6.45, 7) is 8.50. The van der Waals surface area contributed by atoms with E-state index in [0.29, 0.717) is 11.5 Å². The predicted octanol–water partition coefficient (Wildman–Crippen LogP) is 3.37. The Balaban J connectivity index is 1.39. The van der Waals surface area contributed by atoms with E-state index in [4.69, 9.17) is 0 Å². The third-order valence-electron chi connectivity index (χ3n) is 6.29. The van der Waals surface area contributed by atoms with Crippen LogP contribution in [0.5, 0.6) is 0 Å². The molecule has 1 aromatic rings. The van der Waals surface area contributed by atoms with Crippen molar-refractivity contribution in [2.75, 3.05) is 31.5 Å². The van der Waals surface area contributed by atoms with Crippen LogP contribution in [0.2, 0.25) is 0 Å². The number of hydrogen-bond acceptors (Lipinski definition) is 3. The van der Waals surface area contributed by atoms with Crippen molar-refractivity contribution in [1.29, 1.82) is 0 Å². The van der Waals surface area contributed by atoms with Crippen molar-refractivity contribution in [2.45, 2.75) is 51.5 Å². The first kappa shape index (κ1) is 18.5. The number of likely N-dealkylation sites (tertiary alicyclic amines) is 2. The highest BCUT2D eigenvalue weighted by Crippen LogP contribution is 2.39. The lowest BCUT2D eigenvalue weighted by Gasteiger charge is -2.57. The summed E-state index contributed by atoms with van der Waals surface area (Å²) >= 11 is 0. The average molecular weight is 370 g/mol. The molecule has 1 unspecified atom stereocenters. The van der Waals surface area contributed by atoms with Gasteiger partial charge in [0.1, 0.15) is 0 Å².